The molecule has 0 aromatic carbocycles. The van der Waals surface area contributed by atoms with Gasteiger partial charge in [0, 0.05) is 36.3 Å². The van der Waals surface area contributed by atoms with Crippen LogP contribution in [0.1, 0.15) is 25.0 Å². The normalized spacial score (nSPS) is 13.3. The second kappa shape index (κ2) is 8.09. The molecule has 4 rings (SSSR count). The number of H-pyrrole nitrogens is 2. The van der Waals surface area contributed by atoms with Gasteiger partial charge in [-0.25, -0.2) is 4.98 Å². The second-order valence-electron chi connectivity index (χ2n) is 5.85. The highest BCUT2D eigenvalue weighted by molar-refractivity contribution is 5.49. The van der Waals surface area contributed by atoms with Crippen LogP contribution in [-0.4, -0.2) is 31.2 Å². The number of aromatic amines is 2. The maximum absolute atomic E-state index is 10.9. The molecule has 4 N–H and O–H groups in total. The molecule has 0 saturated heterocycles. The smallest absolute Gasteiger partial charge is 0.249 e. The lowest BCUT2D eigenvalue weighted by Gasteiger charge is -2.26. The van der Waals surface area contributed by atoms with Gasteiger partial charge in [-0.3, -0.25) is 14.9 Å². The highest BCUT2D eigenvalue weighted by Crippen LogP contribution is 2.21. The Bertz CT molecular complexity index is 839. The minimum atomic E-state index is -0.0423. The van der Waals surface area contributed by atoms with E-state index >= 15 is 0 Å². The van der Waals surface area contributed by atoms with Crippen molar-refractivity contribution in [2.75, 3.05) is 10.6 Å². The van der Waals surface area contributed by atoms with Crippen molar-refractivity contribution >= 4 is 17.5 Å². The van der Waals surface area contributed by atoms with Crippen LogP contribution in [-0.2, 0) is 0 Å². The zero-order valence-corrected chi connectivity index (χ0v) is 14.0. The van der Waals surface area contributed by atoms with Gasteiger partial charge in [-0.1, -0.05) is 6.07 Å². The van der Waals surface area contributed by atoms with Gasteiger partial charge in [0.15, 0.2) is 5.82 Å². The molecule has 3 heterocycles. The first-order valence-corrected chi connectivity index (χ1v) is 8.20. The monoisotopic (exact) mass is 339 g/mol. The minimum absolute atomic E-state index is 0.0423. The number of hydrogen-bond acceptors (Lipinski definition) is 6. The van der Waals surface area contributed by atoms with Crippen molar-refractivity contribution in [3.05, 3.63) is 58.9 Å². The average Bonchev–Trinajstić information content (AvgIpc) is 2.98. The van der Waals surface area contributed by atoms with Crippen LogP contribution >= 0.6 is 0 Å². The van der Waals surface area contributed by atoms with Crippen LogP contribution in [0, 0.1) is 6.92 Å². The Morgan fingerprint density at radius 3 is 2.68 bits per heavy atom. The summed E-state index contributed by atoms with van der Waals surface area (Å²) in [5.74, 6) is 2.28. The Morgan fingerprint density at radius 1 is 1.20 bits per heavy atom. The first kappa shape index (κ1) is 16.7. The third-order valence-corrected chi connectivity index (χ3v) is 3.76. The van der Waals surface area contributed by atoms with Gasteiger partial charge in [-0.05, 0) is 32.3 Å². The van der Waals surface area contributed by atoms with Crippen LogP contribution in [0.5, 0.6) is 0 Å². The lowest BCUT2D eigenvalue weighted by Crippen LogP contribution is -2.28. The summed E-state index contributed by atoms with van der Waals surface area (Å²) in [7, 11) is 0. The fraction of sp³-hybridized carbons (Fsp3) is 0.294. The first-order chi connectivity index (χ1) is 12.2. The third kappa shape index (κ3) is 5.17. The minimum Gasteiger partial charge on any atom is -0.369 e. The molecule has 1 fully saturated rings. The van der Waals surface area contributed by atoms with Crippen LogP contribution in [0.3, 0.4) is 0 Å². The Labute approximate surface area is 145 Å². The summed E-state index contributed by atoms with van der Waals surface area (Å²) in [4.78, 5) is 21.6. The van der Waals surface area contributed by atoms with Crippen LogP contribution in [0.4, 0.5) is 17.5 Å². The lowest BCUT2D eigenvalue weighted by atomic mass is 9.93. The van der Waals surface area contributed by atoms with E-state index in [1.165, 1.54) is 25.3 Å². The van der Waals surface area contributed by atoms with Gasteiger partial charge in [0.05, 0.1) is 6.20 Å². The molecule has 0 radical (unpaired) electrons. The quantitative estimate of drug-likeness (QED) is 0.581. The van der Waals surface area contributed by atoms with E-state index in [1.807, 2.05) is 19.1 Å². The van der Waals surface area contributed by atoms with Gasteiger partial charge in [0.25, 0.3) is 0 Å². The topological polar surface area (TPSA) is 111 Å². The van der Waals surface area contributed by atoms with E-state index in [2.05, 4.69) is 35.8 Å². The Kier molecular flexibility index (Phi) is 5.40. The number of pyridine rings is 1. The molecule has 1 aliphatic carbocycles. The summed E-state index contributed by atoms with van der Waals surface area (Å²) in [6.45, 7) is 1.94. The van der Waals surface area contributed by atoms with E-state index < -0.39 is 0 Å². The van der Waals surface area contributed by atoms with Crippen molar-refractivity contribution in [2.24, 2.45) is 0 Å². The van der Waals surface area contributed by atoms with Gasteiger partial charge in [-0.2, -0.15) is 5.10 Å². The van der Waals surface area contributed by atoms with E-state index in [9.17, 15) is 4.79 Å². The highest BCUT2D eigenvalue weighted by atomic mass is 16.1. The summed E-state index contributed by atoms with van der Waals surface area (Å²) in [6.07, 6.45) is 8.63. The molecule has 0 atom stereocenters. The number of anilines is 3. The average molecular weight is 339 g/mol. The molecule has 0 bridgehead atoms. The van der Waals surface area contributed by atoms with E-state index in [1.54, 1.807) is 24.7 Å². The fourth-order valence-corrected chi connectivity index (χ4v) is 2.28. The molecule has 1 aliphatic rings. The van der Waals surface area contributed by atoms with Crippen molar-refractivity contribution < 1.29 is 0 Å². The van der Waals surface area contributed by atoms with Crippen LogP contribution in [0.25, 0.3) is 0 Å². The summed E-state index contributed by atoms with van der Waals surface area (Å²) < 4.78 is 0. The molecular weight excluding hydrogens is 318 g/mol. The van der Waals surface area contributed by atoms with E-state index in [-0.39, 0.29) is 5.56 Å². The Balaban J connectivity index is 0.000000146. The summed E-state index contributed by atoms with van der Waals surface area (Å²) in [5, 5.41) is 13.1. The van der Waals surface area contributed by atoms with E-state index in [4.69, 9.17) is 0 Å². The molecule has 3 aromatic heterocycles. The van der Waals surface area contributed by atoms with Crippen LogP contribution in [0.2, 0.25) is 0 Å². The predicted octanol–water partition coefficient (Wildman–Crippen LogP) is 2.59. The van der Waals surface area contributed by atoms with Gasteiger partial charge in [0.2, 0.25) is 5.56 Å². The van der Waals surface area contributed by atoms with E-state index in [0.29, 0.717) is 11.9 Å². The van der Waals surface area contributed by atoms with Gasteiger partial charge in [0.1, 0.15) is 11.6 Å². The number of rotatable bonds is 4. The molecule has 130 valence electrons. The number of aromatic nitrogens is 5. The fourth-order valence-electron chi connectivity index (χ4n) is 2.28. The van der Waals surface area contributed by atoms with Crippen molar-refractivity contribution in [3.63, 3.8) is 0 Å². The molecule has 0 unspecified atom stereocenters. The third-order valence-electron chi connectivity index (χ3n) is 3.76. The summed E-state index contributed by atoms with van der Waals surface area (Å²) in [6, 6.07) is 7.64. The number of nitrogens with zero attached hydrogens (tertiary/aromatic N) is 3. The van der Waals surface area contributed by atoms with Gasteiger partial charge in [-0.15, -0.1) is 0 Å². The molecule has 8 heteroatoms. The first-order valence-electron chi connectivity index (χ1n) is 8.20. The van der Waals surface area contributed by atoms with Gasteiger partial charge >= 0.3 is 0 Å². The van der Waals surface area contributed by atoms with Crippen molar-refractivity contribution in [1.29, 1.82) is 0 Å². The molecule has 3 aromatic rings. The maximum atomic E-state index is 10.9. The van der Waals surface area contributed by atoms with Gasteiger partial charge < -0.3 is 15.6 Å². The standard InChI is InChI=1S/C9H12N2O.C8H9N5/c12-9-6-2-5-8(11-9)10-7-3-1-4-7;1-6-4-7(13-12-6)11-8-5-9-2-3-10-8/h2,5-7H,1,3-4H2,(H2,10,11,12);2-5H,1H3,(H2,10,11,12,13). The second-order valence-corrected chi connectivity index (χ2v) is 5.85. The maximum Gasteiger partial charge on any atom is 0.249 e. The predicted molar refractivity (Wildman–Crippen MR) is 97.0 cm³/mol. The molecule has 8 nitrogen and oxygen atoms in total. The zero-order chi connectivity index (χ0) is 17.5. The SMILES string of the molecule is Cc1cc(Nc2cnccn2)n[nH]1.O=c1cccc(NC2CCC2)[nH]1. The van der Waals surface area contributed by atoms with Crippen molar-refractivity contribution in [2.45, 2.75) is 32.2 Å². The molecule has 0 aliphatic heterocycles. The molecule has 0 amide bonds. The Morgan fingerprint density at radius 2 is 2.08 bits per heavy atom. The Hall–Kier alpha value is -3.16. The largest absolute Gasteiger partial charge is 0.369 e. The van der Waals surface area contributed by atoms with Crippen LogP contribution < -0.4 is 16.2 Å². The van der Waals surface area contributed by atoms with Crippen LogP contribution in [0.15, 0.2) is 47.7 Å². The molecule has 25 heavy (non-hydrogen) atoms. The number of hydrogen-bond donors (Lipinski definition) is 4. The summed E-state index contributed by atoms with van der Waals surface area (Å²) in [5.41, 5.74) is 0.964. The molecule has 1 saturated carbocycles. The van der Waals surface area contributed by atoms with Crippen molar-refractivity contribution in [1.82, 2.24) is 25.1 Å². The molecular formula is C17H21N7O. The highest BCUT2D eigenvalue weighted by Gasteiger charge is 2.16. The lowest BCUT2D eigenvalue weighted by molar-refractivity contribution is 0.444. The number of aryl methyl sites for hydroxylation is 1. The van der Waals surface area contributed by atoms with E-state index in [0.717, 1.165) is 17.3 Å². The number of nitrogens with one attached hydrogen (secondary N) is 4. The molecule has 0 spiro atoms. The summed E-state index contributed by atoms with van der Waals surface area (Å²) >= 11 is 0. The van der Waals surface area contributed by atoms with Crippen molar-refractivity contribution in [3.8, 4) is 0 Å². The zero-order valence-electron chi connectivity index (χ0n) is 14.0.